The summed E-state index contributed by atoms with van der Waals surface area (Å²) in [6, 6.07) is 17.5. The molecule has 2 aromatic carbocycles. The fourth-order valence-corrected chi connectivity index (χ4v) is 2.95. The molecule has 0 spiro atoms. The van der Waals surface area contributed by atoms with Crippen molar-refractivity contribution in [2.45, 2.75) is 19.4 Å². The van der Waals surface area contributed by atoms with Crippen LogP contribution in [0, 0.1) is 0 Å². The summed E-state index contributed by atoms with van der Waals surface area (Å²) in [4.78, 5) is 16.6. The highest BCUT2D eigenvalue weighted by Crippen LogP contribution is 2.23. The number of halogens is 1. The smallest absolute Gasteiger partial charge is 0.258 e. The number of pyridine rings is 1. The van der Waals surface area contributed by atoms with E-state index in [-0.39, 0.29) is 18.6 Å². The van der Waals surface area contributed by atoms with E-state index in [4.69, 9.17) is 4.74 Å². The lowest BCUT2D eigenvalue weighted by Crippen LogP contribution is -2.32. The fourth-order valence-electron chi connectivity index (χ4n) is 2.69. The SMILES string of the molecule is CC[C@@H](NC(=O)COc1cccc2cccnc12)c1ccc(Br)cc1. The van der Waals surface area contributed by atoms with E-state index in [1.807, 2.05) is 61.5 Å². The predicted octanol–water partition coefficient (Wildman–Crippen LogP) is 4.64. The summed E-state index contributed by atoms with van der Waals surface area (Å²) in [5.74, 6) is 0.465. The van der Waals surface area contributed by atoms with Crippen LogP contribution in [0.2, 0.25) is 0 Å². The Labute approximate surface area is 155 Å². The average molecular weight is 399 g/mol. The topological polar surface area (TPSA) is 51.2 Å². The van der Waals surface area contributed by atoms with Gasteiger partial charge in [-0.3, -0.25) is 9.78 Å². The first-order chi connectivity index (χ1) is 12.2. The lowest BCUT2D eigenvalue weighted by molar-refractivity contribution is -0.123. The lowest BCUT2D eigenvalue weighted by Gasteiger charge is -2.18. The zero-order valence-electron chi connectivity index (χ0n) is 13.9. The highest BCUT2D eigenvalue weighted by molar-refractivity contribution is 9.10. The van der Waals surface area contributed by atoms with Crippen LogP contribution in [0.15, 0.2) is 65.3 Å². The van der Waals surface area contributed by atoms with Crippen LogP contribution < -0.4 is 10.1 Å². The van der Waals surface area contributed by atoms with E-state index in [0.717, 1.165) is 27.4 Å². The van der Waals surface area contributed by atoms with Crippen molar-refractivity contribution in [3.63, 3.8) is 0 Å². The minimum absolute atomic E-state index is 0.0326. The van der Waals surface area contributed by atoms with E-state index in [0.29, 0.717) is 5.75 Å². The Hall–Kier alpha value is -2.40. The fraction of sp³-hybridized carbons (Fsp3) is 0.200. The summed E-state index contributed by atoms with van der Waals surface area (Å²) < 4.78 is 6.72. The van der Waals surface area contributed by atoms with E-state index in [1.165, 1.54) is 0 Å². The molecule has 1 N–H and O–H groups in total. The largest absolute Gasteiger partial charge is 0.481 e. The number of para-hydroxylation sites is 1. The van der Waals surface area contributed by atoms with Gasteiger partial charge in [0.05, 0.1) is 6.04 Å². The van der Waals surface area contributed by atoms with Gasteiger partial charge in [0, 0.05) is 16.1 Å². The van der Waals surface area contributed by atoms with E-state index in [9.17, 15) is 4.79 Å². The molecule has 128 valence electrons. The number of nitrogens with zero attached hydrogens (tertiary/aromatic N) is 1. The van der Waals surface area contributed by atoms with Gasteiger partial charge in [0.2, 0.25) is 0 Å². The van der Waals surface area contributed by atoms with Crippen LogP contribution in [0.5, 0.6) is 5.75 Å². The van der Waals surface area contributed by atoms with Crippen LogP contribution in [0.25, 0.3) is 10.9 Å². The molecule has 5 heteroatoms. The van der Waals surface area contributed by atoms with Gasteiger partial charge in [0.25, 0.3) is 5.91 Å². The number of ether oxygens (including phenoxy) is 1. The molecule has 4 nitrogen and oxygen atoms in total. The van der Waals surface area contributed by atoms with Gasteiger partial charge in [-0.15, -0.1) is 0 Å². The predicted molar refractivity (Wildman–Crippen MR) is 103 cm³/mol. The minimum Gasteiger partial charge on any atom is -0.481 e. The van der Waals surface area contributed by atoms with Crippen molar-refractivity contribution >= 4 is 32.7 Å². The standard InChI is InChI=1S/C20H19BrN2O2/c1-2-17(14-8-10-16(21)11-9-14)23-19(24)13-25-18-7-3-5-15-6-4-12-22-20(15)18/h3-12,17H,2,13H2,1H3,(H,23,24)/t17-/m1/s1. The Kier molecular flexibility index (Phi) is 5.66. The molecule has 3 aromatic rings. The zero-order valence-corrected chi connectivity index (χ0v) is 15.5. The van der Waals surface area contributed by atoms with Gasteiger partial charge < -0.3 is 10.1 Å². The van der Waals surface area contributed by atoms with Crippen molar-refractivity contribution in [1.29, 1.82) is 0 Å². The quantitative estimate of drug-likeness (QED) is 0.657. The van der Waals surface area contributed by atoms with Crippen LogP contribution in [-0.4, -0.2) is 17.5 Å². The minimum atomic E-state index is -0.150. The first kappa shape index (κ1) is 17.4. The molecule has 0 saturated heterocycles. The van der Waals surface area contributed by atoms with Gasteiger partial charge in [-0.05, 0) is 36.2 Å². The van der Waals surface area contributed by atoms with Crippen LogP contribution in [0.3, 0.4) is 0 Å². The number of benzene rings is 2. The Balaban J connectivity index is 1.64. The van der Waals surface area contributed by atoms with Crippen molar-refractivity contribution in [3.8, 4) is 5.75 Å². The van der Waals surface area contributed by atoms with Crippen molar-refractivity contribution in [2.24, 2.45) is 0 Å². The number of rotatable bonds is 6. The van der Waals surface area contributed by atoms with Gasteiger partial charge in [-0.1, -0.05) is 53.2 Å². The Morgan fingerprint density at radius 3 is 2.68 bits per heavy atom. The third kappa shape index (κ3) is 4.37. The molecule has 0 unspecified atom stereocenters. The van der Waals surface area contributed by atoms with Crippen molar-refractivity contribution < 1.29 is 9.53 Å². The molecule has 0 saturated carbocycles. The zero-order chi connectivity index (χ0) is 17.6. The summed E-state index contributed by atoms with van der Waals surface area (Å²) in [7, 11) is 0. The first-order valence-corrected chi connectivity index (χ1v) is 8.98. The maximum Gasteiger partial charge on any atom is 0.258 e. The van der Waals surface area contributed by atoms with Crippen molar-refractivity contribution in [2.75, 3.05) is 6.61 Å². The Morgan fingerprint density at radius 1 is 1.16 bits per heavy atom. The lowest BCUT2D eigenvalue weighted by atomic mass is 10.0. The Morgan fingerprint density at radius 2 is 1.92 bits per heavy atom. The highest BCUT2D eigenvalue weighted by Gasteiger charge is 2.13. The Bertz CT molecular complexity index is 860. The van der Waals surface area contributed by atoms with Gasteiger partial charge in [-0.25, -0.2) is 0 Å². The molecule has 0 bridgehead atoms. The van der Waals surface area contributed by atoms with Crippen LogP contribution in [-0.2, 0) is 4.79 Å². The second-order valence-electron chi connectivity index (χ2n) is 5.70. The third-order valence-electron chi connectivity index (χ3n) is 3.97. The van der Waals surface area contributed by atoms with Crippen LogP contribution in [0.1, 0.15) is 24.9 Å². The number of amides is 1. The normalized spacial score (nSPS) is 11.9. The third-order valence-corrected chi connectivity index (χ3v) is 4.50. The van der Waals surface area contributed by atoms with E-state index < -0.39 is 0 Å². The average Bonchev–Trinajstić information content (AvgIpc) is 2.65. The molecule has 0 fully saturated rings. The molecule has 25 heavy (non-hydrogen) atoms. The molecule has 0 aliphatic rings. The van der Waals surface area contributed by atoms with Crippen molar-refractivity contribution in [1.82, 2.24) is 10.3 Å². The van der Waals surface area contributed by atoms with Crippen molar-refractivity contribution in [3.05, 3.63) is 70.8 Å². The maximum absolute atomic E-state index is 12.3. The summed E-state index contributed by atoms with van der Waals surface area (Å²) in [6.07, 6.45) is 2.53. The number of hydrogen-bond acceptors (Lipinski definition) is 3. The summed E-state index contributed by atoms with van der Waals surface area (Å²) >= 11 is 3.42. The number of carbonyl (C=O) groups is 1. The summed E-state index contributed by atoms with van der Waals surface area (Å²) in [5, 5.41) is 4.01. The molecule has 0 radical (unpaired) electrons. The number of carbonyl (C=O) groups excluding carboxylic acids is 1. The monoisotopic (exact) mass is 398 g/mol. The summed E-state index contributed by atoms with van der Waals surface area (Å²) in [5.41, 5.74) is 1.84. The molecule has 1 atom stereocenters. The highest BCUT2D eigenvalue weighted by atomic mass is 79.9. The van der Waals surface area contributed by atoms with E-state index in [1.54, 1.807) is 6.20 Å². The van der Waals surface area contributed by atoms with Gasteiger partial charge in [0.15, 0.2) is 6.61 Å². The molecule has 0 aliphatic heterocycles. The maximum atomic E-state index is 12.3. The van der Waals surface area contributed by atoms with E-state index >= 15 is 0 Å². The molecular weight excluding hydrogens is 380 g/mol. The number of aromatic nitrogens is 1. The van der Waals surface area contributed by atoms with Gasteiger partial charge in [-0.2, -0.15) is 0 Å². The van der Waals surface area contributed by atoms with Crippen LogP contribution >= 0.6 is 15.9 Å². The van der Waals surface area contributed by atoms with Gasteiger partial charge in [0.1, 0.15) is 11.3 Å². The molecule has 1 amide bonds. The summed E-state index contributed by atoms with van der Waals surface area (Å²) in [6.45, 7) is 2.01. The number of hydrogen-bond donors (Lipinski definition) is 1. The number of fused-ring (bicyclic) bond motifs is 1. The number of nitrogens with one attached hydrogen (secondary N) is 1. The molecule has 0 aliphatic carbocycles. The molecule has 3 rings (SSSR count). The molecule has 1 heterocycles. The second kappa shape index (κ2) is 8.12. The first-order valence-electron chi connectivity index (χ1n) is 8.18. The molecule has 1 aromatic heterocycles. The van der Waals surface area contributed by atoms with Gasteiger partial charge >= 0.3 is 0 Å². The second-order valence-corrected chi connectivity index (χ2v) is 6.62. The van der Waals surface area contributed by atoms with Crippen LogP contribution in [0.4, 0.5) is 0 Å². The van der Waals surface area contributed by atoms with E-state index in [2.05, 4.69) is 26.2 Å². The molecular formula is C20H19BrN2O2.